The molecule has 0 radical (unpaired) electrons. The summed E-state index contributed by atoms with van der Waals surface area (Å²) in [7, 11) is 1.88. The molecular weight excluding hydrogens is 269 g/mol. The molecule has 1 aromatic carbocycles. The molecule has 0 amide bonds. The molecule has 2 N–H and O–H groups in total. The number of nitrogens with two attached hydrogens (primary N) is 1. The molecule has 0 fully saturated rings. The first-order valence-electron chi connectivity index (χ1n) is 5.77. The quantitative estimate of drug-likeness (QED) is 0.939. The van der Waals surface area contributed by atoms with E-state index in [1.165, 1.54) is 0 Å². The van der Waals surface area contributed by atoms with Crippen LogP contribution in [-0.2, 0) is 13.5 Å². The normalized spacial score (nSPS) is 12.7. The molecule has 0 saturated heterocycles. The SMILES string of the molecule is CCc1cc(C(N)c2cccc(Cl)c2Cl)n(C)n1. The molecule has 1 unspecified atom stereocenters. The molecule has 2 rings (SSSR count). The van der Waals surface area contributed by atoms with E-state index in [0.717, 1.165) is 23.4 Å². The number of hydrogen-bond acceptors (Lipinski definition) is 2. The second kappa shape index (κ2) is 5.31. The van der Waals surface area contributed by atoms with Gasteiger partial charge in [0, 0.05) is 7.05 Å². The lowest BCUT2D eigenvalue weighted by Gasteiger charge is -2.14. The van der Waals surface area contributed by atoms with E-state index < -0.39 is 0 Å². The van der Waals surface area contributed by atoms with Crippen LogP contribution < -0.4 is 5.73 Å². The molecule has 5 heteroatoms. The number of benzene rings is 1. The van der Waals surface area contributed by atoms with Gasteiger partial charge in [0.15, 0.2) is 0 Å². The summed E-state index contributed by atoms with van der Waals surface area (Å²) >= 11 is 12.2. The molecule has 0 aliphatic rings. The molecule has 2 aromatic rings. The number of rotatable bonds is 3. The molecule has 0 bridgehead atoms. The molecule has 1 heterocycles. The smallest absolute Gasteiger partial charge is 0.0738 e. The summed E-state index contributed by atoms with van der Waals surface area (Å²) in [6.07, 6.45) is 0.879. The third kappa shape index (κ3) is 2.39. The second-order valence-corrected chi connectivity index (χ2v) is 4.94. The Bertz CT molecular complexity index is 563. The number of halogens is 2. The van der Waals surface area contributed by atoms with Gasteiger partial charge in [-0.25, -0.2) is 0 Å². The minimum absolute atomic E-state index is 0.325. The van der Waals surface area contributed by atoms with Crippen molar-refractivity contribution in [1.29, 1.82) is 0 Å². The molecule has 3 nitrogen and oxygen atoms in total. The van der Waals surface area contributed by atoms with E-state index in [1.807, 2.05) is 25.2 Å². The van der Waals surface area contributed by atoms with E-state index in [2.05, 4.69) is 12.0 Å². The van der Waals surface area contributed by atoms with Crippen molar-refractivity contribution in [2.24, 2.45) is 12.8 Å². The van der Waals surface area contributed by atoms with Gasteiger partial charge in [-0.3, -0.25) is 4.68 Å². The fourth-order valence-corrected chi connectivity index (χ4v) is 2.35. The van der Waals surface area contributed by atoms with Gasteiger partial charge < -0.3 is 5.73 Å². The van der Waals surface area contributed by atoms with E-state index in [-0.39, 0.29) is 6.04 Å². The molecule has 1 aromatic heterocycles. The van der Waals surface area contributed by atoms with Crippen molar-refractivity contribution in [2.45, 2.75) is 19.4 Å². The first-order valence-corrected chi connectivity index (χ1v) is 6.52. The topological polar surface area (TPSA) is 43.8 Å². The Morgan fingerprint density at radius 2 is 2.11 bits per heavy atom. The van der Waals surface area contributed by atoms with Crippen molar-refractivity contribution in [3.05, 3.63) is 51.3 Å². The fourth-order valence-electron chi connectivity index (χ4n) is 1.93. The lowest BCUT2D eigenvalue weighted by Crippen LogP contribution is -2.16. The standard InChI is InChI=1S/C13H15Cl2N3/c1-3-8-7-11(18(2)17-8)13(16)9-5-4-6-10(14)12(9)15/h4-7,13H,3,16H2,1-2H3. The van der Waals surface area contributed by atoms with Gasteiger partial charge in [0.05, 0.1) is 27.5 Å². The van der Waals surface area contributed by atoms with Crippen LogP contribution in [0.15, 0.2) is 24.3 Å². The van der Waals surface area contributed by atoms with E-state index in [0.29, 0.717) is 10.0 Å². The highest BCUT2D eigenvalue weighted by Crippen LogP contribution is 2.31. The van der Waals surface area contributed by atoms with Crippen molar-refractivity contribution in [3.63, 3.8) is 0 Å². The summed E-state index contributed by atoms with van der Waals surface area (Å²) in [6.45, 7) is 2.06. The van der Waals surface area contributed by atoms with Crippen LogP contribution in [0.1, 0.15) is 29.9 Å². The van der Waals surface area contributed by atoms with Gasteiger partial charge in [0.1, 0.15) is 0 Å². The van der Waals surface area contributed by atoms with Crippen molar-refractivity contribution in [3.8, 4) is 0 Å². The van der Waals surface area contributed by atoms with Crippen molar-refractivity contribution in [1.82, 2.24) is 9.78 Å². The summed E-state index contributed by atoms with van der Waals surface area (Å²) in [4.78, 5) is 0. The molecule has 18 heavy (non-hydrogen) atoms. The zero-order valence-corrected chi connectivity index (χ0v) is 11.8. The van der Waals surface area contributed by atoms with Crippen LogP contribution in [0.25, 0.3) is 0 Å². The maximum absolute atomic E-state index is 6.25. The van der Waals surface area contributed by atoms with Crippen LogP contribution >= 0.6 is 23.2 Å². The van der Waals surface area contributed by atoms with Crippen LogP contribution in [0, 0.1) is 0 Å². The molecule has 0 spiro atoms. The average molecular weight is 284 g/mol. The Labute approximate surface area is 117 Å². The molecule has 0 aliphatic heterocycles. The van der Waals surface area contributed by atoms with Gasteiger partial charge in [-0.2, -0.15) is 5.10 Å². The highest BCUT2D eigenvalue weighted by Gasteiger charge is 2.18. The molecule has 0 aliphatic carbocycles. The average Bonchev–Trinajstić information content (AvgIpc) is 2.73. The predicted molar refractivity (Wildman–Crippen MR) is 75.1 cm³/mol. The molecule has 1 atom stereocenters. The van der Waals surface area contributed by atoms with Crippen LogP contribution in [0.3, 0.4) is 0 Å². The third-order valence-corrected chi connectivity index (χ3v) is 3.80. The number of hydrogen-bond donors (Lipinski definition) is 1. The number of nitrogens with zero attached hydrogens (tertiary/aromatic N) is 2. The summed E-state index contributed by atoms with van der Waals surface area (Å²) < 4.78 is 1.79. The Kier molecular flexibility index (Phi) is 3.95. The Morgan fingerprint density at radius 3 is 2.72 bits per heavy atom. The van der Waals surface area contributed by atoms with Crippen LogP contribution in [0.5, 0.6) is 0 Å². The zero-order valence-electron chi connectivity index (χ0n) is 10.3. The molecule has 0 saturated carbocycles. The maximum atomic E-state index is 6.25. The third-order valence-electron chi connectivity index (χ3n) is 2.96. The van der Waals surface area contributed by atoms with E-state index in [4.69, 9.17) is 28.9 Å². The Morgan fingerprint density at radius 1 is 1.39 bits per heavy atom. The Balaban J connectivity index is 2.44. The van der Waals surface area contributed by atoms with Crippen molar-refractivity contribution >= 4 is 23.2 Å². The highest BCUT2D eigenvalue weighted by atomic mass is 35.5. The van der Waals surface area contributed by atoms with Gasteiger partial charge in [0.25, 0.3) is 0 Å². The Hall–Kier alpha value is -1.03. The fraction of sp³-hybridized carbons (Fsp3) is 0.308. The second-order valence-electron chi connectivity index (χ2n) is 4.16. The van der Waals surface area contributed by atoms with E-state index in [9.17, 15) is 0 Å². The van der Waals surface area contributed by atoms with Crippen LogP contribution in [-0.4, -0.2) is 9.78 Å². The minimum Gasteiger partial charge on any atom is -0.319 e. The summed E-state index contributed by atoms with van der Waals surface area (Å²) in [5.74, 6) is 0. The van der Waals surface area contributed by atoms with Gasteiger partial charge in [-0.05, 0) is 24.1 Å². The first kappa shape index (κ1) is 13.4. The van der Waals surface area contributed by atoms with Crippen LogP contribution in [0.2, 0.25) is 10.0 Å². The molecular formula is C13H15Cl2N3. The summed E-state index contributed by atoms with van der Waals surface area (Å²) in [6, 6.07) is 7.16. The lowest BCUT2D eigenvalue weighted by atomic mass is 10.0. The van der Waals surface area contributed by atoms with E-state index >= 15 is 0 Å². The summed E-state index contributed by atoms with van der Waals surface area (Å²) in [5, 5.41) is 5.41. The van der Waals surface area contributed by atoms with Crippen LogP contribution in [0.4, 0.5) is 0 Å². The largest absolute Gasteiger partial charge is 0.319 e. The predicted octanol–water partition coefficient (Wildman–Crippen LogP) is 3.34. The minimum atomic E-state index is -0.325. The maximum Gasteiger partial charge on any atom is 0.0738 e. The zero-order chi connectivity index (χ0) is 13.3. The van der Waals surface area contributed by atoms with Gasteiger partial charge in [-0.15, -0.1) is 0 Å². The van der Waals surface area contributed by atoms with Gasteiger partial charge in [0.2, 0.25) is 0 Å². The van der Waals surface area contributed by atoms with Crippen molar-refractivity contribution in [2.75, 3.05) is 0 Å². The van der Waals surface area contributed by atoms with Gasteiger partial charge in [-0.1, -0.05) is 42.3 Å². The number of aromatic nitrogens is 2. The van der Waals surface area contributed by atoms with Gasteiger partial charge >= 0.3 is 0 Å². The molecule has 96 valence electrons. The first-order chi connectivity index (χ1) is 8.54. The van der Waals surface area contributed by atoms with Crippen molar-refractivity contribution < 1.29 is 0 Å². The monoisotopic (exact) mass is 283 g/mol. The lowest BCUT2D eigenvalue weighted by molar-refractivity contribution is 0.666. The summed E-state index contributed by atoms with van der Waals surface area (Å²) in [5.41, 5.74) is 9.01. The number of aryl methyl sites for hydroxylation is 2. The van der Waals surface area contributed by atoms with E-state index in [1.54, 1.807) is 10.7 Å². The highest BCUT2D eigenvalue weighted by molar-refractivity contribution is 6.42.